The van der Waals surface area contributed by atoms with E-state index in [1.165, 1.54) is 11.8 Å². The first-order valence-corrected chi connectivity index (χ1v) is 6.98. The predicted molar refractivity (Wildman–Crippen MR) is 89.3 cm³/mol. The average molecular weight is 268 g/mol. The van der Waals surface area contributed by atoms with Crippen molar-refractivity contribution >= 4 is 11.9 Å². The van der Waals surface area contributed by atoms with Gasteiger partial charge in [0.15, 0.2) is 0 Å². The molecular weight excluding hydrogens is 244 g/mol. The molecular formula is C18H24N2. The van der Waals surface area contributed by atoms with Crippen LogP contribution in [0, 0.1) is 5.41 Å². The van der Waals surface area contributed by atoms with Crippen LogP contribution < -0.4 is 5.32 Å². The van der Waals surface area contributed by atoms with Crippen LogP contribution in [-0.2, 0) is 6.42 Å². The Morgan fingerprint density at radius 2 is 2.15 bits per heavy atom. The van der Waals surface area contributed by atoms with E-state index in [1.54, 1.807) is 0 Å². The molecule has 0 aromatic heterocycles. The summed E-state index contributed by atoms with van der Waals surface area (Å²) < 4.78 is 0. The number of hydrogen-bond donors (Lipinski definition) is 2. The maximum atomic E-state index is 7.56. The van der Waals surface area contributed by atoms with Crippen molar-refractivity contribution in [3.63, 3.8) is 0 Å². The highest BCUT2D eigenvalue weighted by Crippen LogP contribution is 2.18. The smallest absolute Gasteiger partial charge is 0.0444 e. The Labute approximate surface area is 122 Å². The molecule has 2 nitrogen and oxygen atoms in total. The van der Waals surface area contributed by atoms with Gasteiger partial charge in [-0.25, -0.2) is 0 Å². The Morgan fingerprint density at radius 1 is 1.40 bits per heavy atom. The standard InChI is InChI=1S/C18H24N2/c1-5-8-9-17(7-3)20-14(4)18-11-10-15(6-2)12-16(18)13-19/h5,7,10-13,17,19-20H,1,3-4,6,8-9H2,2H3. The largest absolute Gasteiger partial charge is 0.379 e. The molecule has 0 aliphatic rings. The van der Waals surface area contributed by atoms with Gasteiger partial charge in [0.2, 0.25) is 0 Å². The highest BCUT2D eigenvalue weighted by Gasteiger charge is 2.09. The molecule has 0 bridgehead atoms. The fraction of sp³-hybridized carbons (Fsp3) is 0.278. The van der Waals surface area contributed by atoms with E-state index in [0.717, 1.165) is 36.1 Å². The summed E-state index contributed by atoms with van der Waals surface area (Å²) in [5.74, 6) is 0. The van der Waals surface area contributed by atoms with E-state index in [-0.39, 0.29) is 6.04 Å². The fourth-order valence-corrected chi connectivity index (χ4v) is 2.07. The minimum absolute atomic E-state index is 0.171. The molecule has 0 aliphatic heterocycles. The van der Waals surface area contributed by atoms with Crippen LogP contribution in [-0.4, -0.2) is 12.3 Å². The highest BCUT2D eigenvalue weighted by molar-refractivity contribution is 5.86. The number of rotatable bonds is 9. The van der Waals surface area contributed by atoms with Crippen molar-refractivity contribution < 1.29 is 0 Å². The number of benzene rings is 1. The summed E-state index contributed by atoms with van der Waals surface area (Å²) in [6, 6.07) is 6.33. The predicted octanol–water partition coefficient (Wildman–Crippen LogP) is 4.33. The Kier molecular flexibility index (Phi) is 6.51. The molecule has 0 saturated carbocycles. The zero-order valence-electron chi connectivity index (χ0n) is 12.3. The van der Waals surface area contributed by atoms with Crippen molar-refractivity contribution in [2.75, 3.05) is 0 Å². The second kappa shape index (κ2) is 8.16. The van der Waals surface area contributed by atoms with E-state index in [2.05, 4.69) is 38.0 Å². The Bertz CT molecular complexity index is 500. The average Bonchev–Trinajstić information content (AvgIpc) is 2.50. The van der Waals surface area contributed by atoms with Gasteiger partial charge in [0.1, 0.15) is 0 Å². The molecule has 0 aliphatic carbocycles. The topological polar surface area (TPSA) is 35.9 Å². The molecule has 2 heteroatoms. The number of hydrogen-bond acceptors (Lipinski definition) is 2. The van der Waals surface area contributed by atoms with Gasteiger partial charge in [-0.15, -0.1) is 13.2 Å². The summed E-state index contributed by atoms with van der Waals surface area (Å²) >= 11 is 0. The quantitative estimate of drug-likeness (QED) is 0.507. The Balaban J connectivity index is 2.88. The first-order valence-electron chi connectivity index (χ1n) is 6.98. The molecule has 0 saturated heterocycles. The van der Waals surface area contributed by atoms with Gasteiger partial charge in [0.25, 0.3) is 0 Å². The molecule has 0 amide bonds. The Hall–Kier alpha value is -2.09. The third kappa shape index (κ3) is 4.23. The van der Waals surface area contributed by atoms with Crippen molar-refractivity contribution in [1.82, 2.24) is 5.32 Å². The zero-order valence-corrected chi connectivity index (χ0v) is 12.3. The van der Waals surface area contributed by atoms with E-state index < -0.39 is 0 Å². The van der Waals surface area contributed by atoms with Crippen LogP contribution >= 0.6 is 0 Å². The molecule has 0 fully saturated rings. The molecule has 0 heterocycles. The van der Waals surface area contributed by atoms with Gasteiger partial charge in [-0.05, 0) is 30.9 Å². The van der Waals surface area contributed by atoms with Gasteiger partial charge in [-0.3, -0.25) is 0 Å². The van der Waals surface area contributed by atoms with Crippen LogP contribution in [0.5, 0.6) is 0 Å². The Morgan fingerprint density at radius 3 is 2.70 bits per heavy atom. The minimum Gasteiger partial charge on any atom is -0.379 e. The molecule has 0 spiro atoms. The van der Waals surface area contributed by atoms with E-state index in [1.807, 2.05) is 24.3 Å². The van der Waals surface area contributed by atoms with E-state index in [0.29, 0.717) is 0 Å². The summed E-state index contributed by atoms with van der Waals surface area (Å²) in [5.41, 5.74) is 3.93. The molecule has 1 aromatic rings. The van der Waals surface area contributed by atoms with Crippen molar-refractivity contribution in [2.45, 2.75) is 32.2 Å². The zero-order chi connectivity index (χ0) is 15.0. The molecule has 1 unspecified atom stereocenters. The lowest BCUT2D eigenvalue weighted by Crippen LogP contribution is -2.25. The van der Waals surface area contributed by atoms with Crippen molar-refractivity contribution in [2.24, 2.45) is 0 Å². The maximum absolute atomic E-state index is 7.56. The molecule has 2 N–H and O–H groups in total. The SMILES string of the molecule is C=CCCC(C=C)NC(=C)c1ccc(CC)cc1C=N. The monoisotopic (exact) mass is 268 g/mol. The summed E-state index contributed by atoms with van der Waals surface area (Å²) in [4.78, 5) is 0. The molecule has 0 radical (unpaired) electrons. The van der Waals surface area contributed by atoms with Crippen LogP contribution in [0.4, 0.5) is 0 Å². The van der Waals surface area contributed by atoms with Crippen molar-refractivity contribution in [3.8, 4) is 0 Å². The second-order valence-corrected chi connectivity index (χ2v) is 4.75. The first kappa shape index (κ1) is 16.0. The molecule has 1 atom stereocenters. The van der Waals surface area contributed by atoms with Gasteiger partial charge < -0.3 is 10.7 Å². The third-order valence-electron chi connectivity index (χ3n) is 3.33. The van der Waals surface area contributed by atoms with Gasteiger partial charge in [0.05, 0.1) is 0 Å². The summed E-state index contributed by atoms with van der Waals surface area (Å²) in [5, 5.41) is 10.9. The van der Waals surface area contributed by atoms with Crippen LogP contribution in [0.25, 0.3) is 5.70 Å². The molecule has 106 valence electrons. The lowest BCUT2D eigenvalue weighted by molar-refractivity contribution is 0.658. The second-order valence-electron chi connectivity index (χ2n) is 4.75. The lowest BCUT2D eigenvalue weighted by atomic mass is 10.0. The van der Waals surface area contributed by atoms with Crippen LogP contribution in [0.1, 0.15) is 36.5 Å². The number of aryl methyl sites for hydroxylation is 1. The van der Waals surface area contributed by atoms with E-state index in [9.17, 15) is 0 Å². The van der Waals surface area contributed by atoms with Gasteiger partial charge in [0, 0.05) is 29.1 Å². The lowest BCUT2D eigenvalue weighted by Gasteiger charge is -2.19. The summed E-state index contributed by atoms with van der Waals surface area (Å²) in [7, 11) is 0. The summed E-state index contributed by atoms with van der Waals surface area (Å²) in [6.45, 7) is 13.8. The molecule has 1 aromatic carbocycles. The van der Waals surface area contributed by atoms with Crippen LogP contribution in [0.3, 0.4) is 0 Å². The van der Waals surface area contributed by atoms with Crippen molar-refractivity contribution in [1.29, 1.82) is 5.41 Å². The van der Waals surface area contributed by atoms with Gasteiger partial charge in [-0.2, -0.15) is 0 Å². The van der Waals surface area contributed by atoms with E-state index in [4.69, 9.17) is 5.41 Å². The maximum Gasteiger partial charge on any atom is 0.0444 e. The number of allylic oxidation sites excluding steroid dienone is 1. The first-order chi connectivity index (χ1) is 9.65. The van der Waals surface area contributed by atoms with E-state index >= 15 is 0 Å². The molecule has 20 heavy (non-hydrogen) atoms. The van der Waals surface area contributed by atoms with Crippen LogP contribution in [0.15, 0.2) is 50.1 Å². The fourth-order valence-electron chi connectivity index (χ4n) is 2.07. The minimum atomic E-state index is 0.171. The third-order valence-corrected chi connectivity index (χ3v) is 3.33. The van der Waals surface area contributed by atoms with Gasteiger partial charge in [-0.1, -0.05) is 37.8 Å². The van der Waals surface area contributed by atoms with Crippen molar-refractivity contribution in [3.05, 3.63) is 66.8 Å². The highest BCUT2D eigenvalue weighted by atomic mass is 14.9. The van der Waals surface area contributed by atoms with Gasteiger partial charge >= 0.3 is 0 Å². The summed E-state index contributed by atoms with van der Waals surface area (Å²) in [6.07, 6.45) is 8.02. The van der Waals surface area contributed by atoms with Crippen LogP contribution in [0.2, 0.25) is 0 Å². The number of nitrogens with one attached hydrogen (secondary N) is 2. The normalized spacial score (nSPS) is 11.4. The molecule has 1 rings (SSSR count).